The molecule has 0 bridgehead atoms. The molecule has 0 aliphatic heterocycles. The highest BCUT2D eigenvalue weighted by Crippen LogP contribution is 2.15. The van der Waals surface area contributed by atoms with Crippen molar-refractivity contribution in [3.63, 3.8) is 0 Å². The summed E-state index contributed by atoms with van der Waals surface area (Å²) in [5.41, 5.74) is 1.16. The largest absolute Gasteiger partial charge is 0.492 e. The Hall–Kier alpha value is -1.06. The third-order valence-electron chi connectivity index (χ3n) is 2.62. The minimum absolute atomic E-state index is 0.207. The Bertz CT molecular complexity index is 302. The number of aliphatic hydroxyl groups is 1. The first-order chi connectivity index (χ1) is 7.77. The van der Waals surface area contributed by atoms with Crippen molar-refractivity contribution >= 4 is 0 Å². The number of hydrogen-bond acceptors (Lipinski definition) is 3. The fourth-order valence-corrected chi connectivity index (χ4v) is 1.57. The summed E-state index contributed by atoms with van der Waals surface area (Å²) >= 11 is 0. The van der Waals surface area contributed by atoms with Gasteiger partial charge < -0.3 is 9.84 Å². The number of hydrogen-bond donors (Lipinski definition) is 1. The molecule has 0 heterocycles. The Morgan fingerprint density at radius 3 is 2.62 bits per heavy atom. The molecule has 0 amide bonds. The maximum Gasteiger partial charge on any atom is 0.122 e. The topological polar surface area (TPSA) is 32.7 Å². The Balaban J connectivity index is 2.32. The normalized spacial score (nSPS) is 10.8. The number of aryl methyl sites for hydroxylation is 1. The van der Waals surface area contributed by atoms with Crippen LogP contribution in [0.2, 0.25) is 0 Å². The van der Waals surface area contributed by atoms with E-state index in [9.17, 15) is 0 Å². The van der Waals surface area contributed by atoms with Crippen molar-refractivity contribution in [1.82, 2.24) is 4.90 Å². The second-order valence-corrected chi connectivity index (χ2v) is 3.77. The molecule has 0 saturated heterocycles. The quantitative estimate of drug-likeness (QED) is 0.763. The molecule has 3 heteroatoms. The van der Waals surface area contributed by atoms with Crippen LogP contribution in [0.25, 0.3) is 0 Å². The molecule has 90 valence electrons. The predicted molar refractivity (Wildman–Crippen MR) is 65.9 cm³/mol. The lowest BCUT2D eigenvalue weighted by Crippen LogP contribution is -2.30. The van der Waals surface area contributed by atoms with E-state index in [0.717, 1.165) is 24.4 Å². The summed E-state index contributed by atoms with van der Waals surface area (Å²) < 4.78 is 5.69. The number of likely N-dealkylation sites (N-methyl/N-ethyl adjacent to an activating group) is 1. The molecule has 16 heavy (non-hydrogen) atoms. The number of para-hydroxylation sites is 1. The average molecular weight is 223 g/mol. The zero-order valence-corrected chi connectivity index (χ0v) is 10.1. The minimum atomic E-state index is 0.207. The van der Waals surface area contributed by atoms with Crippen LogP contribution in [0.3, 0.4) is 0 Å². The molecule has 0 fully saturated rings. The van der Waals surface area contributed by atoms with Crippen molar-refractivity contribution in [3.8, 4) is 5.75 Å². The van der Waals surface area contributed by atoms with Gasteiger partial charge in [0.2, 0.25) is 0 Å². The molecule has 0 radical (unpaired) electrons. The number of rotatable bonds is 7. The SMILES string of the molecule is CCN(CCO)CCOc1ccccc1C. The van der Waals surface area contributed by atoms with Crippen LogP contribution in [0.15, 0.2) is 24.3 Å². The second-order valence-electron chi connectivity index (χ2n) is 3.77. The Morgan fingerprint density at radius 1 is 1.25 bits per heavy atom. The van der Waals surface area contributed by atoms with Gasteiger partial charge >= 0.3 is 0 Å². The molecule has 0 aromatic heterocycles. The summed E-state index contributed by atoms with van der Waals surface area (Å²) in [6, 6.07) is 8.01. The second kappa shape index (κ2) is 7.25. The standard InChI is InChI=1S/C13H21NO2/c1-3-14(8-10-15)9-11-16-13-7-5-4-6-12(13)2/h4-7,15H,3,8-11H2,1-2H3. The van der Waals surface area contributed by atoms with Crippen molar-refractivity contribution in [3.05, 3.63) is 29.8 Å². The summed E-state index contributed by atoms with van der Waals surface area (Å²) in [7, 11) is 0. The van der Waals surface area contributed by atoms with E-state index < -0.39 is 0 Å². The molecule has 3 nitrogen and oxygen atoms in total. The third kappa shape index (κ3) is 4.21. The van der Waals surface area contributed by atoms with E-state index in [0.29, 0.717) is 13.2 Å². The van der Waals surface area contributed by atoms with Crippen LogP contribution in [0, 0.1) is 6.92 Å². The lowest BCUT2D eigenvalue weighted by molar-refractivity contribution is 0.174. The molecular formula is C13H21NO2. The van der Waals surface area contributed by atoms with Gasteiger partial charge in [-0.3, -0.25) is 4.90 Å². The van der Waals surface area contributed by atoms with Crippen LogP contribution in [0.5, 0.6) is 5.75 Å². The van der Waals surface area contributed by atoms with Gasteiger partial charge in [-0.25, -0.2) is 0 Å². The highest BCUT2D eigenvalue weighted by molar-refractivity contribution is 5.31. The van der Waals surface area contributed by atoms with Crippen LogP contribution in [-0.2, 0) is 0 Å². The average Bonchev–Trinajstić information content (AvgIpc) is 2.30. The van der Waals surface area contributed by atoms with Gasteiger partial charge in [0.25, 0.3) is 0 Å². The van der Waals surface area contributed by atoms with E-state index in [1.165, 1.54) is 0 Å². The number of ether oxygens (including phenoxy) is 1. The maximum absolute atomic E-state index is 8.85. The molecule has 1 aromatic rings. The van der Waals surface area contributed by atoms with Crippen LogP contribution >= 0.6 is 0 Å². The van der Waals surface area contributed by atoms with Crippen molar-refractivity contribution in [2.75, 3.05) is 32.8 Å². The highest BCUT2D eigenvalue weighted by atomic mass is 16.5. The molecule has 0 unspecified atom stereocenters. The molecule has 0 atom stereocenters. The van der Waals surface area contributed by atoms with Gasteiger partial charge in [0.1, 0.15) is 12.4 Å². The fraction of sp³-hybridized carbons (Fsp3) is 0.538. The van der Waals surface area contributed by atoms with E-state index in [1.807, 2.05) is 31.2 Å². The molecule has 0 saturated carbocycles. The molecular weight excluding hydrogens is 202 g/mol. The number of aliphatic hydroxyl groups excluding tert-OH is 1. The van der Waals surface area contributed by atoms with Crippen LogP contribution in [0.4, 0.5) is 0 Å². The van der Waals surface area contributed by atoms with E-state index in [2.05, 4.69) is 11.8 Å². The van der Waals surface area contributed by atoms with Crippen LogP contribution in [-0.4, -0.2) is 42.9 Å². The Kier molecular flexibility index (Phi) is 5.90. The third-order valence-corrected chi connectivity index (χ3v) is 2.62. The molecule has 1 rings (SSSR count). The predicted octanol–water partition coefficient (Wildman–Crippen LogP) is 1.69. The minimum Gasteiger partial charge on any atom is -0.492 e. The van der Waals surface area contributed by atoms with Gasteiger partial charge in [-0.1, -0.05) is 25.1 Å². The molecule has 0 aliphatic rings. The van der Waals surface area contributed by atoms with E-state index in [-0.39, 0.29) is 6.61 Å². The zero-order valence-electron chi connectivity index (χ0n) is 10.1. The van der Waals surface area contributed by atoms with Gasteiger partial charge in [0.15, 0.2) is 0 Å². The van der Waals surface area contributed by atoms with E-state index in [1.54, 1.807) is 0 Å². The van der Waals surface area contributed by atoms with Crippen molar-refractivity contribution in [1.29, 1.82) is 0 Å². The lowest BCUT2D eigenvalue weighted by atomic mass is 10.2. The molecule has 1 aromatic carbocycles. The number of nitrogens with zero attached hydrogens (tertiary/aromatic N) is 1. The van der Waals surface area contributed by atoms with Crippen LogP contribution in [0.1, 0.15) is 12.5 Å². The summed E-state index contributed by atoms with van der Waals surface area (Å²) in [5, 5.41) is 8.85. The van der Waals surface area contributed by atoms with Crippen molar-refractivity contribution in [2.24, 2.45) is 0 Å². The first-order valence-corrected chi connectivity index (χ1v) is 5.79. The van der Waals surface area contributed by atoms with Crippen molar-refractivity contribution in [2.45, 2.75) is 13.8 Å². The first kappa shape index (κ1) is 13.0. The summed E-state index contributed by atoms with van der Waals surface area (Å²) in [6.07, 6.45) is 0. The fourth-order valence-electron chi connectivity index (χ4n) is 1.57. The van der Waals surface area contributed by atoms with Crippen molar-refractivity contribution < 1.29 is 9.84 Å². The van der Waals surface area contributed by atoms with Gasteiger partial charge in [0, 0.05) is 13.1 Å². The first-order valence-electron chi connectivity index (χ1n) is 5.79. The van der Waals surface area contributed by atoms with Gasteiger partial charge in [0.05, 0.1) is 6.61 Å². The van der Waals surface area contributed by atoms with Crippen LogP contribution < -0.4 is 4.74 Å². The summed E-state index contributed by atoms with van der Waals surface area (Å²) in [6.45, 7) is 7.51. The monoisotopic (exact) mass is 223 g/mol. The Morgan fingerprint density at radius 2 is 2.00 bits per heavy atom. The summed E-state index contributed by atoms with van der Waals surface area (Å²) in [4.78, 5) is 2.16. The Labute approximate surface area is 97.7 Å². The highest BCUT2D eigenvalue weighted by Gasteiger charge is 2.02. The van der Waals surface area contributed by atoms with Gasteiger partial charge in [-0.2, -0.15) is 0 Å². The lowest BCUT2D eigenvalue weighted by Gasteiger charge is -2.19. The molecule has 1 N–H and O–H groups in total. The zero-order chi connectivity index (χ0) is 11.8. The molecule has 0 spiro atoms. The van der Waals surface area contributed by atoms with Gasteiger partial charge in [-0.15, -0.1) is 0 Å². The maximum atomic E-state index is 8.85. The van der Waals surface area contributed by atoms with E-state index in [4.69, 9.17) is 9.84 Å². The van der Waals surface area contributed by atoms with Gasteiger partial charge in [-0.05, 0) is 25.1 Å². The smallest absolute Gasteiger partial charge is 0.122 e. The summed E-state index contributed by atoms with van der Waals surface area (Å²) in [5.74, 6) is 0.947. The number of benzene rings is 1. The van der Waals surface area contributed by atoms with E-state index >= 15 is 0 Å². The molecule has 0 aliphatic carbocycles.